The number of hydrogen-bond donors (Lipinski definition) is 2. The Hall–Kier alpha value is -1.03. The van der Waals surface area contributed by atoms with Gasteiger partial charge < -0.3 is 11.1 Å². The topological polar surface area (TPSA) is 55.1 Å². The first kappa shape index (κ1) is 10.1. The molecule has 0 aliphatic heterocycles. The molecule has 1 aromatic rings. The van der Waals surface area contributed by atoms with Crippen LogP contribution in [0, 0.1) is 0 Å². The summed E-state index contributed by atoms with van der Waals surface area (Å²) in [6.07, 6.45) is 3.76. The highest BCUT2D eigenvalue weighted by molar-refractivity contribution is 7.16. The number of rotatable bonds is 2. The average molecular weight is 236 g/mol. The summed E-state index contributed by atoms with van der Waals surface area (Å²) < 4.78 is 0. The van der Waals surface area contributed by atoms with E-state index in [0.717, 1.165) is 5.56 Å². The van der Waals surface area contributed by atoms with Crippen LogP contribution >= 0.6 is 11.3 Å². The van der Waals surface area contributed by atoms with Crippen molar-refractivity contribution in [2.24, 2.45) is 0 Å². The third kappa shape index (κ3) is 1.22. The summed E-state index contributed by atoms with van der Waals surface area (Å²) in [5.74, 6) is 1.31. The van der Waals surface area contributed by atoms with Crippen molar-refractivity contribution in [2.45, 2.75) is 38.0 Å². The molecule has 1 aromatic heterocycles. The van der Waals surface area contributed by atoms with Crippen LogP contribution in [0.4, 0.5) is 5.00 Å². The molecule has 0 radical (unpaired) electrons. The van der Waals surface area contributed by atoms with Gasteiger partial charge >= 0.3 is 0 Å². The molecule has 2 bridgehead atoms. The molecule has 0 spiro atoms. The van der Waals surface area contributed by atoms with E-state index in [1.165, 1.54) is 29.7 Å². The van der Waals surface area contributed by atoms with Crippen LogP contribution in [-0.4, -0.2) is 12.5 Å². The molecule has 1 heterocycles. The molecule has 1 fully saturated rings. The average Bonchev–Trinajstić information content (AvgIpc) is 2.87. The van der Waals surface area contributed by atoms with E-state index in [4.69, 9.17) is 5.73 Å². The van der Waals surface area contributed by atoms with Gasteiger partial charge in [0.25, 0.3) is 5.91 Å². The second-order valence-electron chi connectivity index (χ2n) is 4.69. The predicted octanol–water partition coefficient (Wildman–Crippen LogP) is 2.44. The fourth-order valence-corrected chi connectivity index (χ4v) is 4.46. The number of nitrogen functional groups attached to an aromatic ring is 1. The Labute approximate surface area is 99.0 Å². The number of hydrogen-bond acceptors (Lipinski definition) is 3. The van der Waals surface area contributed by atoms with Gasteiger partial charge in [-0.15, -0.1) is 11.3 Å². The van der Waals surface area contributed by atoms with E-state index in [9.17, 15) is 4.79 Å². The molecule has 4 heteroatoms. The van der Waals surface area contributed by atoms with Crippen molar-refractivity contribution in [3.63, 3.8) is 0 Å². The first-order valence-corrected chi connectivity index (χ1v) is 6.74. The molecule has 2 atom stereocenters. The number of carbonyl (C=O) groups is 1. The van der Waals surface area contributed by atoms with Crippen molar-refractivity contribution in [2.75, 3.05) is 12.3 Å². The number of nitrogens with one attached hydrogen (secondary N) is 1. The fourth-order valence-electron chi connectivity index (χ4n) is 3.15. The summed E-state index contributed by atoms with van der Waals surface area (Å²) in [4.78, 5) is 13.4. The number of anilines is 1. The van der Waals surface area contributed by atoms with Gasteiger partial charge in [0.1, 0.15) is 0 Å². The number of amides is 1. The molecule has 3 N–H and O–H groups in total. The van der Waals surface area contributed by atoms with Gasteiger partial charge in [0.2, 0.25) is 0 Å². The largest absolute Gasteiger partial charge is 0.390 e. The standard InChI is InChI=1S/C12H16N2OS/c1-2-14-12(15)9-8-6-3-4-7(5-6)10(8)16-11(9)13/h6-7H,2-5,13H2,1H3,(H,14,15). The van der Waals surface area contributed by atoms with Crippen molar-refractivity contribution in [1.82, 2.24) is 5.32 Å². The Balaban J connectivity index is 2.06. The van der Waals surface area contributed by atoms with Gasteiger partial charge in [0, 0.05) is 11.4 Å². The van der Waals surface area contributed by atoms with Crippen LogP contribution in [0.3, 0.4) is 0 Å². The maximum absolute atomic E-state index is 12.0. The lowest BCUT2D eigenvalue weighted by Gasteiger charge is -2.12. The normalized spacial score (nSPS) is 25.8. The highest BCUT2D eigenvalue weighted by Crippen LogP contribution is 2.58. The molecule has 2 unspecified atom stereocenters. The molecular weight excluding hydrogens is 220 g/mol. The second-order valence-corrected chi connectivity index (χ2v) is 5.77. The molecule has 3 nitrogen and oxygen atoms in total. The van der Waals surface area contributed by atoms with Gasteiger partial charge in [0.05, 0.1) is 10.6 Å². The molecular formula is C12H16N2OS. The maximum atomic E-state index is 12.0. The van der Waals surface area contributed by atoms with Crippen LogP contribution in [0.1, 0.15) is 58.8 Å². The first-order valence-electron chi connectivity index (χ1n) is 5.92. The van der Waals surface area contributed by atoms with Gasteiger partial charge in [-0.1, -0.05) is 0 Å². The second kappa shape index (κ2) is 3.48. The molecule has 2 aliphatic rings. The van der Waals surface area contributed by atoms with Crippen molar-refractivity contribution >= 4 is 22.2 Å². The smallest absolute Gasteiger partial charge is 0.254 e. The van der Waals surface area contributed by atoms with Crippen LogP contribution in [-0.2, 0) is 0 Å². The first-order chi connectivity index (χ1) is 7.72. The zero-order chi connectivity index (χ0) is 11.3. The molecule has 1 amide bonds. The monoisotopic (exact) mass is 236 g/mol. The predicted molar refractivity (Wildman–Crippen MR) is 66.1 cm³/mol. The van der Waals surface area contributed by atoms with Crippen molar-refractivity contribution < 1.29 is 4.79 Å². The summed E-state index contributed by atoms with van der Waals surface area (Å²) in [5, 5.41) is 3.58. The minimum atomic E-state index is 0.0186. The minimum absolute atomic E-state index is 0.0186. The van der Waals surface area contributed by atoms with Crippen LogP contribution in [0.15, 0.2) is 0 Å². The van der Waals surface area contributed by atoms with Gasteiger partial charge in [-0.25, -0.2) is 0 Å². The molecule has 2 aliphatic carbocycles. The lowest BCUT2D eigenvalue weighted by Crippen LogP contribution is -2.24. The Morgan fingerprint density at radius 3 is 3.00 bits per heavy atom. The Kier molecular flexibility index (Phi) is 2.21. The SMILES string of the molecule is CCNC(=O)c1c(N)sc2c1C1CCC2C1. The van der Waals surface area contributed by atoms with E-state index in [-0.39, 0.29) is 5.91 Å². The fraction of sp³-hybridized carbons (Fsp3) is 0.583. The Morgan fingerprint density at radius 2 is 2.25 bits per heavy atom. The molecule has 86 valence electrons. The summed E-state index contributed by atoms with van der Waals surface area (Å²) in [7, 11) is 0. The molecule has 0 saturated heterocycles. The zero-order valence-corrected chi connectivity index (χ0v) is 10.2. The van der Waals surface area contributed by atoms with Gasteiger partial charge in [-0.3, -0.25) is 4.79 Å². The van der Waals surface area contributed by atoms with Crippen LogP contribution in [0.2, 0.25) is 0 Å². The van der Waals surface area contributed by atoms with Crippen molar-refractivity contribution in [3.05, 3.63) is 16.0 Å². The van der Waals surface area contributed by atoms with E-state index in [1.54, 1.807) is 11.3 Å². The minimum Gasteiger partial charge on any atom is -0.390 e. The lowest BCUT2D eigenvalue weighted by molar-refractivity contribution is 0.0956. The van der Waals surface area contributed by atoms with E-state index in [2.05, 4.69) is 5.32 Å². The summed E-state index contributed by atoms with van der Waals surface area (Å²) in [5.41, 5.74) is 8.06. The van der Waals surface area contributed by atoms with Gasteiger partial charge in [-0.05, 0) is 43.6 Å². The molecule has 1 saturated carbocycles. The molecule has 3 rings (SSSR count). The van der Waals surface area contributed by atoms with Gasteiger partial charge in [-0.2, -0.15) is 0 Å². The maximum Gasteiger partial charge on any atom is 0.254 e. The summed E-state index contributed by atoms with van der Waals surface area (Å²) >= 11 is 1.64. The van der Waals surface area contributed by atoms with E-state index < -0.39 is 0 Å². The van der Waals surface area contributed by atoms with Crippen LogP contribution in [0.5, 0.6) is 0 Å². The van der Waals surface area contributed by atoms with Crippen LogP contribution < -0.4 is 11.1 Å². The molecule has 0 aromatic carbocycles. The number of nitrogens with two attached hydrogens (primary N) is 1. The third-order valence-electron chi connectivity index (χ3n) is 3.78. The van der Waals surface area contributed by atoms with Gasteiger partial charge in [0.15, 0.2) is 0 Å². The summed E-state index contributed by atoms with van der Waals surface area (Å²) in [6.45, 7) is 2.60. The lowest BCUT2D eigenvalue weighted by atomic mass is 9.94. The highest BCUT2D eigenvalue weighted by Gasteiger charge is 2.42. The number of fused-ring (bicyclic) bond motifs is 5. The van der Waals surface area contributed by atoms with Crippen LogP contribution in [0.25, 0.3) is 0 Å². The zero-order valence-electron chi connectivity index (χ0n) is 9.38. The quantitative estimate of drug-likeness (QED) is 0.828. The van der Waals surface area contributed by atoms with Crippen molar-refractivity contribution in [1.29, 1.82) is 0 Å². The van der Waals surface area contributed by atoms with Crippen molar-refractivity contribution in [3.8, 4) is 0 Å². The molecule has 16 heavy (non-hydrogen) atoms. The highest BCUT2D eigenvalue weighted by atomic mass is 32.1. The van der Waals surface area contributed by atoms with E-state index in [0.29, 0.717) is 23.4 Å². The third-order valence-corrected chi connectivity index (χ3v) is 4.97. The number of carbonyl (C=O) groups excluding carboxylic acids is 1. The van der Waals surface area contributed by atoms with E-state index in [1.807, 2.05) is 6.92 Å². The Morgan fingerprint density at radius 1 is 1.50 bits per heavy atom. The number of thiophene rings is 1. The van der Waals surface area contributed by atoms with E-state index >= 15 is 0 Å². The Bertz CT molecular complexity index is 452. The summed E-state index contributed by atoms with van der Waals surface area (Å²) in [6, 6.07) is 0.